The van der Waals surface area contributed by atoms with E-state index >= 15 is 0 Å². The Labute approximate surface area is 101 Å². The van der Waals surface area contributed by atoms with Crippen LogP contribution in [0.2, 0.25) is 0 Å². The third-order valence-electron chi connectivity index (χ3n) is 3.18. The molecule has 0 saturated carbocycles. The van der Waals surface area contributed by atoms with E-state index in [0.717, 1.165) is 19.4 Å². The fraction of sp³-hybridized carbons (Fsp3) is 0.429. The summed E-state index contributed by atoms with van der Waals surface area (Å²) >= 11 is 1.84. The van der Waals surface area contributed by atoms with Crippen molar-refractivity contribution in [2.45, 2.75) is 26.7 Å². The quantitative estimate of drug-likeness (QED) is 0.853. The summed E-state index contributed by atoms with van der Waals surface area (Å²) in [6, 6.07) is 8.63. The molecule has 0 aliphatic rings. The predicted octanol–water partition coefficient (Wildman–Crippen LogP) is 3.82. The second-order valence-corrected chi connectivity index (χ2v) is 6.04. The molecule has 0 atom stereocenters. The number of hydrogen-bond acceptors (Lipinski definition) is 2. The Bertz CT molecular complexity index is 470. The number of thiophene rings is 1. The molecule has 16 heavy (non-hydrogen) atoms. The molecule has 0 bridgehead atoms. The molecule has 1 heterocycles. The van der Waals surface area contributed by atoms with Crippen molar-refractivity contribution in [3.05, 3.63) is 35.2 Å². The fourth-order valence-electron chi connectivity index (χ4n) is 1.80. The molecular formula is C14H19NS. The highest BCUT2D eigenvalue weighted by Gasteiger charge is 2.16. The predicted molar refractivity (Wildman–Crippen MR) is 73.0 cm³/mol. The summed E-state index contributed by atoms with van der Waals surface area (Å²) < 4.78 is 1.39. The molecule has 0 radical (unpaired) electrons. The molecule has 2 rings (SSSR count). The Morgan fingerprint density at radius 1 is 1.25 bits per heavy atom. The van der Waals surface area contributed by atoms with Crippen molar-refractivity contribution in [2.75, 3.05) is 6.54 Å². The van der Waals surface area contributed by atoms with E-state index in [1.165, 1.54) is 15.6 Å². The molecule has 1 aromatic heterocycles. The van der Waals surface area contributed by atoms with Crippen molar-refractivity contribution in [3.8, 4) is 0 Å². The van der Waals surface area contributed by atoms with E-state index in [9.17, 15) is 0 Å². The van der Waals surface area contributed by atoms with Gasteiger partial charge in [-0.2, -0.15) is 0 Å². The van der Waals surface area contributed by atoms with Gasteiger partial charge in [-0.15, -0.1) is 11.3 Å². The molecule has 2 heteroatoms. The first-order valence-electron chi connectivity index (χ1n) is 5.77. The van der Waals surface area contributed by atoms with Gasteiger partial charge in [0.15, 0.2) is 0 Å². The van der Waals surface area contributed by atoms with Gasteiger partial charge in [-0.3, -0.25) is 0 Å². The Morgan fingerprint density at radius 2 is 2.00 bits per heavy atom. The first-order chi connectivity index (χ1) is 7.62. The van der Waals surface area contributed by atoms with Crippen molar-refractivity contribution >= 4 is 21.4 Å². The van der Waals surface area contributed by atoms with Crippen LogP contribution >= 0.6 is 11.3 Å². The molecule has 0 fully saturated rings. The maximum Gasteiger partial charge on any atom is 0.0345 e. The molecule has 0 aliphatic heterocycles. The molecule has 2 aromatic rings. The van der Waals surface area contributed by atoms with Gasteiger partial charge in [0.05, 0.1) is 0 Å². The molecule has 2 N–H and O–H groups in total. The zero-order valence-electron chi connectivity index (χ0n) is 9.99. The zero-order chi connectivity index (χ0) is 11.6. The largest absolute Gasteiger partial charge is 0.330 e. The highest BCUT2D eigenvalue weighted by Crippen LogP contribution is 2.29. The van der Waals surface area contributed by atoms with E-state index in [-0.39, 0.29) is 5.41 Å². The van der Waals surface area contributed by atoms with Gasteiger partial charge in [0.25, 0.3) is 0 Å². The Hall–Kier alpha value is -0.860. The van der Waals surface area contributed by atoms with Crippen LogP contribution in [-0.2, 0) is 6.42 Å². The highest BCUT2D eigenvalue weighted by molar-refractivity contribution is 7.17. The van der Waals surface area contributed by atoms with Gasteiger partial charge in [0, 0.05) is 4.70 Å². The number of nitrogens with two attached hydrogens (primary N) is 1. The van der Waals surface area contributed by atoms with Crippen LogP contribution in [0.5, 0.6) is 0 Å². The van der Waals surface area contributed by atoms with Gasteiger partial charge in [-0.25, -0.2) is 0 Å². The van der Waals surface area contributed by atoms with E-state index in [1.54, 1.807) is 0 Å². The average molecular weight is 233 g/mol. The molecule has 1 nitrogen and oxygen atoms in total. The van der Waals surface area contributed by atoms with E-state index < -0.39 is 0 Å². The van der Waals surface area contributed by atoms with E-state index in [4.69, 9.17) is 5.73 Å². The van der Waals surface area contributed by atoms with Crippen LogP contribution in [0.1, 0.15) is 25.8 Å². The minimum absolute atomic E-state index is 0.253. The van der Waals surface area contributed by atoms with Gasteiger partial charge in [0.1, 0.15) is 0 Å². The number of rotatable bonds is 4. The van der Waals surface area contributed by atoms with Crippen molar-refractivity contribution in [2.24, 2.45) is 11.1 Å². The summed E-state index contributed by atoms with van der Waals surface area (Å²) in [5.74, 6) is 0. The Morgan fingerprint density at radius 3 is 2.75 bits per heavy atom. The van der Waals surface area contributed by atoms with Crippen LogP contribution < -0.4 is 5.73 Å². The van der Waals surface area contributed by atoms with Crippen molar-refractivity contribution in [1.29, 1.82) is 0 Å². The van der Waals surface area contributed by atoms with Gasteiger partial charge < -0.3 is 5.73 Å². The van der Waals surface area contributed by atoms with Gasteiger partial charge in [-0.05, 0) is 47.2 Å². The maximum absolute atomic E-state index is 5.76. The lowest BCUT2D eigenvalue weighted by molar-refractivity contribution is 0.348. The highest BCUT2D eigenvalue weighted by atomic mass is 32.1. The summed E-state index contributed by atoms with van der Waals surface area (Å²) in [6.07, 6.45) is 2.29. The monoisotopic (exact) mass is 233 g/mol. The lowest BCUT2D eigenvalue weighted by Crippen LogP contribution is -2.23. The fourth-order valence-corrected chi connectivity index (χ4v) is 2.80. The van der Waals surface area contributed by atoms with Crippen molar-refractivity contribution in [1.82, 2.24) is 0 Å². The van der Waals surface area contributed by atoms with E-state index in [2.05, 4.69) is 43.5 Å². The summed E-state index contributed by atoms with van der Waals surface area (Å²) in [6.45, 7) is 5.23. The second kappa shape index (κ2) is 4.56. The molecule has 0 aliphatic carbocycles. The standard InChI is InChI=1S/C14H19NS/c1-14(2,10-15)8-7-11-9-16-13-6-4-3-5-12(11)13/h3-6,9H,7-8,10,15H2,1-2H3. The minimum atomic E-state index is 0.253. The number of hydrogen-bond donors (Lipinski definition) is 1. The number of aryl methyl sites for hydroxylation is 1. The van der Waals surface area contributed by atoms with Gasteiger partial charge >= 0.3 is 0 Å². The van der Waals surface area contributed by atoms with Crippen LogP contribution in [0.3, 0.4) is 0 Å². The Balaban J connectivity index is 2.16. The topological polar surface area (TPSA) is 26.0 Å². The normalized spacial score (nSPS) is 12.2. The summed E-state index contributed by atoms with van der Waals surface area (Å²) in [4.78, 5) is 0. The number of fused-ring (bicyclic) bond motifs is 1. The summed E-state index contributed by atoms with van der Waals surface area (Å²) in [5, 5.41) is 3.71. The molecule has 0 spiro atoms. The van der Waals surface area contributed by atoms with Crippen molar-refractivity contribution < 1.29 is 0 Å². The van der Waals surface area contributed by atoms with Crippen LogP contribution in [-0.4, -0.2) is 6.54 Å². The molecule has 1 aromatic carbocycles. The molecule has 0 saturated heterocycles. The van der Waals surface area contributed by atoms with Crippen molar-refractivity contribution in [3.63, 3.8) is 0 Å². The van der Waals surface area contributed by atoms with Crippen LogP contribution in [0, 0.1) is 5.41 Å². The third-order valence-corrected chi connectivity index (χ3v) is 4.20. The summed E-state index contributed by atoms with van der Waals surface area (Å²) in [5.41, 5.74) is 7.49. The lowest BCUT2D eigenvalue weighted by Gasteiger charge is -2.21. The zero-order valence-corrected chi connectivity index (χ0v) is 10.8. The smallest absolute Gasteiger partial charge is 0.0345 e. The number of benzene rings is 1. The first kappa shape index (κ1) is 11.6. The van der Waals surface area contributed by atoms with E-state index in [1.807, 2.05) is 11.3 Å². The van der Waals surface area contributed by atoms with Gasteiger partial charge in [0.2, 0.25) is 0 Å². The molecule has 86 valence electrons. The maximum atomic E-state index is 5.76. The summed E-state index contributed by atoms with van der Waals surface area (Å²) in [7, 11) is 0. The molecular weight excluding hydrogens is 214 g/mol. The molecule has 0 unspecified atom stereocenters. The first-order valence-corrected chi connectivity index (χ1v) is 6.65. The third kappa shape index (κ3) is 2.45. The van der Waals surface area contributed by atoms with Crippen LogP contribution in [0.4, 0.5) is 0 Å². The van der Waals surface area contributed by atoms with Crippen LogP contribution in [0.15, 0.2) is 29.6 Å². The second-order valence-electron chi connectivity index (χ2n) is 5.13. The van der Waals surface area contributed by atoms with Gasteiger partial charge in [-0.1, -0.05) is 32.0 Å². The van der Waals surface area contributed by atoms with E-state index in [0.29, 0.717) is 0 Å². The minimum Gasteiger partial charge on any atom is -0.330 e. The SMILES string of the molecule is CC(C)(CN)CCc1csc2ccccc12. The Kier molecular flexibility index (Phi) is 3.31. The lowest BCUT2D eigenvalue weighted by atomic mass is 9.86. The molecule has 0 amide bonds. The average Bonchev–Trinajstić information content (AvgIpc) is 2.70. The van der Waals surface area contributed by atoms with Crippen LogP contribution in [0.25, 0.3) is 10.1 Å².